The van der Waals surface area contributed by atoms with Crippen molar-refractivity contribution < 1.29 is 4.79 Å². The van der Waals surface area contributed by atoms with E-state index in [1.54, 1.807) is 6.07 Å². The number of benzene rings is 1. The van der Waals surface area contributed by atoms with Crippen LogP contribution in [0.15, 0.2) is 23.0 Å². The largest absolute Gasteiger partial charge is 0.343 e. The van der Waals surface area contributed by atoms with Crippen LogP contribution in [0.5, 0.6) is 0 Å². The van der Waals surface area contributed by atoms with Crippen LogP contribution < -0.4 is 15.8 Å². The normalized spacial score (nSPS) is 12.0. The van der Waals surface area contributed by atoms with Crippen molar-refractivity contribution in [3.8, 4) is 0 Å². The summed E-state index contributed by atoms with van der Waals surface area (Å²) in [5.74, 6) is -0.0849. The Hall–Kier alpha value is -1.95. The van der Waals surface area contributed by atoms with E-state index in [0.717, 1.165) is 9.83 Å². The number of hydrogen-bond donors (Lipinski definition) is 1. The van der Waals surface area contributed by atoms with Gasteiger partial charge in [0.15, 0.2) is 5.13 Å². The Kier molecular flexibility index (Phi) is 5.52. The molecule has 5 nitrogen and oxygen atoms in total. The highest BCUT2D eigenvalue weighted by atomic mass is 32.1. The molecule has 0 atom stereocenters. The van der Waals surface area contributed by atoms with Crippen LogP contribution in [0.3, 0.4) is 0 Å². The highest BCUT2D eigenvalue weighted by Crippen LogP contribution is 2.29. The van der Waals surface area contributed by atoms with E-state index in [-0.39, 0.29) is 23.6 Å². The van der Waals surface area contributed by atoms with E-state index in [2.05, 4.69) is 42.9 Å². The van der Waals surface area contributed by atoms with Gasteiger partial charge in [0.1, 0.15) is 0 Å². The van der Waals surface area contributed by atoms with Gasteiger partial charge in [-0.15, -0.1) is 0 Å². The Morgan fingerprint density at radius 1 is 1.16 bits per heavy atom. The second-order valence-electron chi connectivity index (χ2n) is 7.81. The number of carbonyl (C=O) groups excluding carboxylic acids is 1. The standard InChI is InChI=1S/C19H27N3O2S/c1-11(2)22(12(3)4)18-21-16(23)14-10-13(8-9-15(14)25-18)20-17(24)19(5,6)7/h8-12H,1-7H3,(H,20,24). The van der Waals surface area contributed by atoms with Crippen LogP contribution in [0.4, 0.5) is 10.8 Å². The average Bonchev–Trinajstić information content (AvgIpc) is 2.46. The molecular weight excluding hydrogens is 334 g/mol. The lowest BCUT2D eigenvalue weighted by molar-refractivity contribution is -0.123. The lowest BCUT2D eigenvalue weighted by Crippen LogP contribution is -2.38. The molecular formula is C19H27N3O2S. The first-order valence-electron chi connectivity index (χ1n) is 8.55. The van der Waals surface area contributed by atoms with Crippen LogP contribution in [-0.2, 0) is 4.79 Å². The number of nitrogens with zero attached hydrogens (tertiary/aromatic N) is 2. The van der Waals surface area contributed by atoms with Gasteiger partial charge in [0.25, 0.3) is 5.56 Å². The van der Waals surface area contributed by atoms with E-state index in [9.17, 15) is 9.59 Å². The second-order valence-corrected chi connectivity index (χ2v) is 8.82. The minimum Gasteiger partial charge on any atom is -0.343 e. The summed E-state index contributed by atoms with van der Waals surface area (Å²) in [6.45, 7) is 13.9. The molecule has 136 valence electrons. The van der Waals surface area contributed by atoms with Crippen molar-refractivity contribution in [2.24, 2.45) is 5.41 Å². The summed E-state index contributed by atoms with van der Waals surface area (Å²) in [7, 11) is 0. The number of rotatable bonds is 4. The first kappa shape index (κ1) is 19.4. The van der Waals surface area contributed by atoms with E-state index < -0.39 is 5.41 Å². The highest BCUT2D eigenvalue weighted by Gasteiger charge is 2.22. The Balaban J connectivity index is 2.46. The summed E-state index contributed by atoms with van der Waals surface area (Å²) >= 11 is 1.50. The van der Waals surface area contributed by atoms with E-state index in [0.29, 0.717) is 11.1 Å². The van der Waals surface area contributed by atoms with Crippen LogP contribution in [-0.4, -0.2) is 23.0 Å². The van der Waals surface area contributed by atoms with Crippen molar-refractivity contribution in [2.45, 2.75) is 60.5 Å². The SMILES string of the molecule is CC(C)N(c1nc(=O)c2cc(NC(=O)C(C)(C)C)ccc2s1)C(C)C. The maximum absolute atomic E-state index is 12.5. The fourth-order valence-electron chi connectivity index (χ4n) is 2.60. The molecule has 1 amide bonds. The Morgan fingerprint density at radius 3 is 2.28 bits per heavy atom. The summed E-state index contributed by atoms with van der Waals surface area (Å²) in [6.07, 6.45) is 0. The lowest BCUT2D eigenvalue weighted by atomic mass is 9.95. The molecule has 6 heteroatoms. The van der Waals surface area contributed by atoms with Gasteiger partial charge in [-0.05, 0) is 45.9 Å². The molecule has 0 aliphatic rings. The summed E-state index contributed by atoms with van der Waals surface area (Å²) in [5, 5.41) is 4.13. The lowest BCUT2D eigenvalue weighted by Gasteiger charge is -2.31. The number of aromatic nitrogens is 1. The van der Waals surface area contributed by atoms with Crippen molar-refractivity contribution in [1.82, 2.24) is 4.98 Å². The molecule has 0 fully saturated rings. The Labute approximate surface area is 153 Å². The third-order valence-electron chi connectivity index (χ3n) is 3.88. The zero-order chi connectivity index (χ0) is 18.9. The van der Waals surface area contributed by atoms with Crippen molar-refractivity contribution in [3.63, 3.8) is 0 Å². The van der Waals surface area contributed by atoms with Crippen molar-refractivity contribution in [1.29, 1.82) is 0 Å². The maximum atomic E-state index is 12.5. The number of carbonyl (C=O) groups is 1. The number of nitrogens with one attached hydrogen (secondary N) is 1. The van der Waals surface area contributed by atoms with Crippen LogP contribution >= 0.6 is 11.3 Å². The molecule has 0 spiro atoms. The molecule has 25 heavy (non-hydrogen) atoms. The van der Waals surface area contributed by atoms with E-state index in [1.165, 1.54) is 11.3 Å². The predicted molar refractivity (Wildman–Crippen MR) is 107 cm³/mol. The van der Waals surface area contributed by atoms with Gasteiger partial charge in [0, 0.05) is 27.9 Å². The summed E-state index contributed by atoms with van der Waals surface area (Å²) in [6, 6.07) is 5.94. The summed E-state index contributed by atoms with van der Waals surface area (Å²) in [5.41, 5.74) is -0.132. The van der Waals surface area contributed by atoms with Crippen molar-refractivity contribution in [2.75, 3.05) is 10.2 Å². The number of fused-ring (bicyclic) bond motifs is 1. The van der Waals surface area contributed by atoms with Crippen LogP contribution in [0.1, 0.15) is 48.5 Å². The minimum atomic E-state index is -0.491. The number of anilines is 2. The maximum Gasteiger partial charge on any atom is 0.281 e. The van der Waals surface area contributed by atoms with Gasteiger partial charge in [-0.3, -0.25) is 9.59 Å². The second kappa shape index (κ2) is 7.12. The molecule has 0 saturated heterocycles. The average molecular weight is 362 g/mol. The van der Waals surface area contributed by atoms with Crippen molar-refractivity contribution >= 4 is 38.1 Å². The fraction of sp³-hybridized carbons (Fsp3) is 0.526. The first-order valence-corrected chi connectivity index (χ1v) is 9.37. The van der Waals surface area contributed by atoms with E-state index in [1.807, 2.05) is 32.9 Å². The van der Waals surface area contributed by atoms with Gasteiger partial charge >= 0.3 is 0 Å². The first-order chi connectivity index (χ1) is 11.5. The van der Waals surface area contributed by atoms with E-state index in [4.69, 9.17) is 0 Å². The third-order valence-corrected chi connectivity index (χ3v) is 4.94. The van der Waals surface area contributed by atoms with E-state index >= 15 is 0 Å². The molecule has 1 aromatic carbocycles. The topological polar surface area (TPSA) is 62.3 Å². The molecule has 2 rings (SSSR count). The van der Waals surface area contributed by atoms with Gasteiger partial charge in [0.2, 0.25) is 5.91 Å². The number of hydrogen-bond acceptors (Lipinski definition) is 5. The monoisotopic (exact) mass is 361 g/mol. The highest BCUT2D eigenvalue weighted by molar-refractivity contribution is 7.21. The minimum absolute atomic E-state index is 0.0849. The molecule has 1 N–H and O–H groups in total. The molecule has 0 aliphatic carbocycles. The van der Waals surface area contributed by atoms with Gasteiger partial charge in [-0.2, -0.15) is 4.98 Å². The predicted octanol–water partition coefficient (Wildman–Crippen LogP) is 4.26. The smallest absolute Gasteiger partial charge is 0.281 e. The molecule has 0 bridgehead atoms. The third kappa shape index (κ3) is 4.37. The van der Waals surface area contributed by atoms with Crippen LogP contribution in [0, 0.1) is 5.41 Å². The zero-order valence-electron chi connectivity index (χ0n) is 16.0. The summed E-state index contributed by atoms with van der Waals surface area (Å²) in [4.78, 5) is 31.1. The molecule has 0 unspecified atom stereocenters. The molecule has 2 aromatic rings. The number of amides is 1. The molecule has 1 aromatic heterocycles. The fourth-order valence-corrected chi connectivity index (χ4v) is 3.84. The van der Waals surface area contributed by atoms with Crippen molar-refractivity contribution in [3.05, 3.63) is 28.6 Å². The molecule has 0 saturated carbocycles. The van der Waals surface area contributed by atoms with Gasteiger partial charge in [-0.25, -0.2) is 0 Å². The van der Waals surface area contributed by atoms with Gasteiger partial charge in [-0.1, -0.05) is 32.1 Å². The van der Waals surface area contributed by atoms with Crippen LogP contribution in [0.2, 0.25) is 0 Å². The zero-order valence-corrected chi connectivity index (χ0v) is 16.8. The molecule has 0 aliphatic heterocycles. The van der Waals surface area contributed by atoms with Crippen LogP contribution in [0.25, 0.3) is 10.1 Å². The molecule has 0 radical (unpaired) electrons. The quantitative estimate of drug-likeness (QED) is 0.883. The molecule has 1 heterocycles. The summed E-state index contributed by atoms with van der Waals surface area (Å²) < 4.78 is 0.870. The Bertz CT molecular complexity index is 827. The van der Waals surface area contributed by atoms with Gasteiger partial charge < -0.3 is 10.2 Å². The Morgan fingerprint density at radius 2 is 1.76 bits per heavy atom. The van der Waals surface area contributed by atoms with Gasteiger partial charge in [0.05, 0.1) is 5.39 Å².